The van der Waals surface area contributed by atoms with Crippen molar-refractivity contribution in [3.63, 3.8) is 0 Å². The van der Waals surface area contributed by atoms with E-state index in [1.165, 1.54) is 12.7 Å². The first-order valence-corrected chi connectivity index (χ1v) is 6.71. The van der Waals surface area contributed by atoms with Crippen LogP contribution in [0.1, 0.15) is 17.2 Å². The molecule has 0 aromatic heterocycles. The highest BCUT2D eigenvalue weighted by molar-refractivity contribution is 5.77. The van der Waals surface area contributed by atoms with E-state index in [2.05, 4.69) is 17.4 Å². The number of hydrogen-bond acceptors (Lipinski definition) is 3. The number of hydrogen-bond donors (Lipinski definition) is 1. The van der Waals surface area contributed by atoms with Gasteiger partial charge in [-0.15, -0.1) is 0 Å². The first-order chi connectivity index (χ1) is 9.81. The van der Waals surface area contributed by atoms with Gasteiger partial charge in [0.25, 0.3) is 0 Å². The van der Waals surface area contributed by atoms with Crippen molar-refractivity contribution in [1.82, 2.24) is 5.32 Å². The van der Waals surface area contributed by atoms with Crippen molar-refractivity contribution in [2.24, 2.45) is 0 Å². The SMILES string of the molecule is COC(=O)C(NCCc1ccccc1)c1ccccc1. The Bertz CT molecular complexity index is 525. The third-order valence-electron chi connectivity index (χ3n) is 3.17. The van der Waals surface area contributed by atoms with Crippen molar-refractivity contribution in [1.29, 1.82) is 0 Å². The smallest absolute Gasteiger partial charge is 0.327 e. The maximum Gasteiger partial charge on any atom is 0.327 e. The van der Waals surface area contributed by atoms with Gasteiger partial charge in [-0.3, -0.25) is 0 Å². The fourth-order valence-corrected chi connectivity index (χ4v) is 2.11. The average Bonchev–Trinajstić information content (AvgIpc) is 2.53. The van der Waals surface area contributed by atoms with Gasteiger partial charge in [0.15, 0.2) is 0 Å². The molecule has 0 saturated heterocycles. The molecular weight excluding hydrogens is 250 g/mol. The molecule has 0 aliphatic rings. The fourth-order valence-electron chi connectivity index (χ4n) is 2.11. The largest absolute Gasteiger partial charge is 0.468 e. The van der Waals surface area contributed by atoms with E-state index in [1.54, 1.807) is 0 Å². The summed E-state index contributed by atoms with van der Waals surface area (Å²) >= 11 is 0. The lowest BCUT2D eigenvalue weighted by Crippen LogP contribution is -2.31. The quantitative estimate of drug-likeness (QED) is 0.819. The van der Waals surface area contributed by atoms with Crippen molar-refractivity contribution in [2.75, 3.05) is 13.7 Å². The van der Waals surface area contributed by atoms with Gasteiger partial charge in [-0.05, 0) is 17.5 Å². The van der Waals surface area contributed by atoms with Gasteiger partial charge in [-0.2, -0.15) is 0 Å². The van der Waals surface area contributed by atoms with E-state index in [-0.39, 0.29) is 5.97 Å². The van der Waals surface area contributed by atoms with Crippen LogP contribution in [0.25, 0.3) is 0 Å². The monoisotopic (exact) mass is 269 g/mol. The molecule has 1 N–H and O–H groups in total. The Morgan fingerprint density at radius 3 is 2.25 bits per heavy atom. The molecule has 2 aromatic carbocycles. The zero-order valence-electron chi connectivity index (χ0n) is 11.6. The van der Waals surface area contributed by atoms with Crippen LogP contribution >= 0.6 is 0 Å². The second kappa shape index (κ2) is 7.46. The van der Waals surface area contributed by atoms with Gasteiger partial charge in [0, 0.05) is 6.54 Å². The number of nitrogens with one attached hydrogen (secondary N) is 1. The van der Waals surface area contributed by atoms with Crippen LogP contribution in [0.2, 0.25) is 0 Å². The summed E-state index contributed by atoms with van der Waals surface area (Å²) in [7, 11) is 1.41. The maximum atomic E-state index is 11.9. The Labute approximate surface area is 119 Å². The predicted molar refractivity (Wildman–Crippen MR) is 79.3 cm³/mol. The number of methoxy groups -OCH3 is 1. The fraction of sp³-hybridized carbons (Fsp3) is 0.235. The highest BCUT2D eigenvalue weighted by Crippen LogP contribution is 2.14. The first kappa shape index (κ1) is 14.3. The number of ether oxygens (including phenoxy) is 1. The van der Waals surface area contributed by atoms with Crippen LogP contribution < -0.4 is 5.32 Å². The molecule has 3 heteroatoms. The zero-order chi connectivity index (χ0) is 14.2. The summed E-state index contributed by atoms with van der Waals surface area (Å²) in [4.78, 5) is 11.9. The summed E-state index contributed by atoms with van der Waals surface area (Å²) in [6.07, 6.45) is 0.876. The molecule has 1 atom stereocenters. The molecule has 2 aromatic rings. The maximum absolute atomic E-state index is 11.9. The van der Waals surface area contributed by atoms with Crippen LogP contribution in [0.5, 0.6) is 0 Å². The number of esters is 1. The van der Waals surface area contributed by atoms with Crippen molar-refractivity contribution in [3.05, 3.63) is 71.8 Å². The van der Waals surface area contributed by atoms with Gasteiger partial charge in [-0.1, -0.05) is 60.7 Å². The van der Waals surface area contributed by atoms with Gasteiger partial charge in [-0.25, -0.2) is 4.79 Å². The lowest BCUT2D eigenvalue weighted by Gasteiger charge is -2.16. The lowest BCUT2D eigenvalue weighted by atomic mass is 10.1. The summed E-state index contributed by atoms with van der Waals surface area (Å²) in [6.45, 7) is 0.721. The molecule has 20 heavy (non-hydrogen) atoms. The number of carbonyl (C=O) groups excluding carboxylic acids is 1. The minimum Gasteiger partial charge on any atom is -0.468 e. The highest BCUT2D eigenvalue weighted by Gasteiger charge is 2.19. The molecule has 0 aliphatic carbocycles. The van der Waals surface area contributed by atoms with Crippen molar-refractivity contribution in [3.8, 4) is 0 Å². The van der Waals surface area contributed by atoms with Crippen molar-refractivity contribution >= 4 is 5.97 Å². The number of benzene rings is 2. The number of rotatable bonds is 6. The van der Waals surface area contributed by atoms with Gasteiger partial charge >= 0.3 is 5.97 Å². The van der Waals surface area contributed by atoms with E-state index in [0.29, 0.717) is 0 Å². The summed E-state index contributed by atoms with van der Waals surface area (Å²) in [5, 5.41) is 3.26. The van der Waals surface area contributed by atoms with E-state index in [9.17, 15) is 4.79 Å². The van der Waals surface area contributed by atoms with E-state index in [4.69, 9.17) is 4.74 Å². The Hall–Kier alpha value is -2.13. The molecule has 0 bridgehead atoms. The molecule has 0 spiro atoms. The molecule has 1 unspecified atom stereocenters. The molecule has 0 aliphatic heterocycles. The molecule has 3 nitrogen and oxygen atoms in total. The Morgan fingerprint density at radius 1 is 1.05 bits per heavy atom. The van der Waals surface area contributed by atoms with Gasteiger partial charge in [0.1, 0.15) is 6.04 Å². The van der Waals surface area contributed by atoms with E-state index >= 15 is 0 Å². The topological polar surface area (TPSA) is 38.3 Å². The van der Waals surface area contributed by atoms with Crippen LogP contribution in [0.15, 0.2) is 60.7 Å². The molecule has 0 radical (unpaired) electrons. The minimum absolute atomic E-state index is 0.260. The third-order valence-corrected chi connectivity index (χ3v) is 3.17. The number of carbonyl (C=O) groups is 1. The Kier molecular flexibility index (Phi) is 5.33. The molecule has 0 heterocycles. The van der Waals surface area contributed by atoms with Gasteiger partial charge in [0.2, 0.25) is 0 Å². The first-order valence-electron chi connectivity index (χ1n) is 6.71. The van der Waals surface area contributed by atoms with E-state index < -0.39 is 6.04 Å². The summed E-state index contributed by atoms with van der Waals surface area (Å²) in [6, 6.07) is 19.4. The third kappa shape index (κ3) is 3.93. The Balaban J connectivity index is 1.97. The molecular formula is C17H19NO2. The van der Waals surface area contributed by atoms with Gasteiger partial charge in [0.05, 0.1) is 7.11 Å². The van der Waals surface area contributed by atoms with Crippen LogP contribution in [0.4, 0.5) is 0 Å². The molecule has 104 valence electrons. The second-order valence-corrected chi connectivity index (χ2v) is 4.56. The van der Waals surface area contributed by atoms with Crippen molar-refractivity contribution < 1.29 is 9.53 Å². The Morgan fingerprint density at radius 2 is 1.65 bits per heavy atom. The van der Waals surface area contributed by atoms with E-state index in [0.717, 1.165) is 18.5 Å². The second-order valence-electron chi connectivity index (χ2n) is 4.56. The highest BCUT2D eigenvalue weighted by atomic mass is 16.5. The van der Waals surface area contributed by atoms with Crippen LogP contribution in [-0.4, -0.2) is 19.6 Å². The molecule has 0 fully saturated rings. The molecule has 2 rings (SSSR count). The normalized spacial score (nSPS) is 11.8. The van der Waals surface area contributed by atoms with Crippen LogP contribution in [0, 0.1) is 0 Å². The summed E-state index contributed by atoms with van der Waals surface area (Å²) < 4.78 is 4.87. The summed E-state index contributed by atoms with van der Waals surface area (Å²) in [5.74, 6) is -0.260. The predicted octanol–water partition coefficient (Wildman–Crippen LogP) is 2.73. The molecule has 0 saturated carbocycles. The van der Waals surface area contributed by atoms with Crippen molar-refractivity contribution in [2.45, 2.75) is 12.5 Å². The lowest BCUT2D eigenvalue weighted by molar-refractivity contribution is -0.143. The van der Waals surface area contributed by atoms with Gasteiger partial charge < -0.3 is 10.1 Å². The summed E-state index contributed by atoms with van der Waals surface area (Å²) in [5.41, 5.74) is 2.17. The van der Waals surface area contributed by atoms with Crippen LogP contribution in [0.3, 0.4) is 0 Å². The van der Waals surface area contributed by atoms with E-state index in [1.807, 2.05) is 48.5 Å². The standard InChI is InChI=1S/C17H19NO2/c1-20-17(19)16(15-10-6-3-7-11-15)18-13-12-14-8-4-2-5-9-14/h2-11,16,18H,12-13H2,1H3. The minimum atomic E-state index is -0.412. The average molecular weight is 269 g/mol. The van der Waals surface area contributed by atoms with Crippen LogP contribution in [-0.2, 0) is 16.0 Å². The molecule has 0 amide bonds. The zero-order valence-corrected chi connectivity index (χ0v) is 11.6.